The lowest BCUT2D eigenvalue weighted by Crippen LogP contribution is -1.99. The van der Waals surface area contributed by atoms with E-state index in [4.69, 9.17) is 21.1 Å². The minimum atomic E-state index is -0.528. The summed E-state index contributed by atoms with van der Waals surface area (Å²) in [5, 5.41) is -0.528. The van der Waals surface area contributed by atoms with Crippen LogP contribution in [0, 0.1) is 0 Å². The Morgan fingerprint density at radius 3 is 2.67 bits per heavy atom. The van der Waals surface area contributed by atoms with Crippen LogP contribution in [0.4, 0.5) is 0 Å². The van der Waals surface area contributed by atoms with E-state index in [0.29, 0.717) is 28.1 Å². The van der Waals surface area contributed by atoms with Gasteiger partial charge in [-0.05, 0) is 46.6 Å². The normalized spacial score (nSPS) is 9.87. The van der Waals surface area contributed by atoms with Gasteiger partial charge in [0, 0.05) is 5.56 Å². The lowest BCUT2D eigenvalue weighted by molar-refractivity contribution is 0.108. The highest BCUT2D eigenvalue weighted by atomic mass is 79.9. The number of methoxy groups -OCH3 is 1. The highest BCUT2D eigenvalue weighted by molar-refractivity contribution is 9.10. The van der Waals surface area contributed by atoms with Gasteiger partial charge in [0.1, 0.15) is 0 Å². The smallest absolute Gasteiger partial charge is 0.252 e. The Morgan fingerprint density at radius 1 is 1.53 bits per heavy atom. The molecule has 3 nitrogen and oxygen atoms in total. The van der Waals surface area contributed by atoms with Crippen molar-refractivity contribution in [2.45, 2.75) is 6.92 Å². The van der Waals surface area contributed by atoms with Gasteiger partial charge in [0.15, 0.2) is 11.5 Å². The quantitative estimate of drug-likeness (QED) is 0.800. The Morgan fingerprint density at radius 2 is 2.20 bits per heavy atom. The highest BCUT2D eigenvalue weighted by Gasteiger charge is 2.13. The molecule has 0 amide bonds. The third-order valence-electron chi connectivity index (χ3n) is 1.74. The van der Waals surface area contributed by atoms with Crippen LogP contribution in [-0.2, 0) is 0 Å². The average molecular weight is 294 g/mol. The maximum atomic E-state index is 11.0. The van der Waals surface area contributed by atoms with Crippen molar-refractivity contribution < 1.29 is 14.3 Å². The summed E-state index contributed by atoms with van der Waals surface area (Å²) in [6.07, 6.45) is 0. The molecule has 0 bridgehead atoms. The minimum absolute atomic E-state index is 0.368. The van der Waals surface area contributed by atoms with E-state index in [1.54, 1.807) is 12.1 Å². The first-order valence-electron chi connectivity index (χ1n) is 4.30. The van der Waals surface area contributed by atoms with Crippen molar-refractivity contribution >= 4 is 32.8 Å². The molecule has 1 aromatic carbocycles. The van der Waals surface area contributed by atoms with Crippen molar-refractivity contribution in [1.29, 1.82) is 0 Å². The van der Waals surface area contributed by atoms with E-state index in [0.717, 1.165) is 0 Å². The Bertz CT molecular complexity index is 379. The number of ether oxygens (including phenoxy) is 2. The third-order valence-corrected chi connectivity index (χ3v) is 2.55. The average Bonchev–Trinajstić information content (AvgIpc) is 2.17. The van der Waals surface area contributed by atoms with Crippen molar-refractivity contribution in [3.8, 4) is 11.5 Å². The van der Waals surface area contributed by atoms with Crippen LogP contribution in [0.25, 0.3) is 0 Å². The first-order chi connectivity index (χ1) is 7.10. The number of hydrogen-bond donors (Lipinski definition) is 0. The molecule has 1 aromatic rings. The first-order valence-corrected chi connectivity index (χ1v) is 5.47. The van der Waals surface area contributed by atoms with Gasteiger partial charge in [-0.1, -0.05) is 0 Å². The van der Waals surface area contributed by atoms with Crippen LogP contribution >= 0.6 is 27.5 Å². The molecule has 15 heavy (non-hydrogen) atoms. The molecule has 5 heteroatoms. The first kappa shape index (κ1) is 12.3. The van der Waals surface area contributed by atoms with Gasteiger partial charge in [-0.2, -0.15) is 0 Å². The largest absolute Gasteiger partial charge is 0.492 e. The Labute approximate surface area is 101 Å². The summed E-state index contributed by atoms with van der Waals surface area (Å²) in [5.41, 5.74) is 0.368. The van der Waals surface area contributed by atoms with Gasteiger partial charge in [0.2, 0.25) is 0 Å². The zero-order valence-electron chi connectivity index (χ0n) is 8.34. The number of carbonyl (C=O) groups excluding carboxylic acids is 1. The second-order valence-electron chi connectivity index (χ2n) is 2.70. The summed E-state index contributed by atoms with van der Waals surface area (Å²) < 4.78 is 11.1. The molecule has 0 spiro atoms. The van der Waals surface area contributed by atoms with Gasteiger partial charge in [-0.15, -0.1) is 0 Å². The van der Waals surface area contributed by atoms with Crippen molar-refractivity contribution in [3.63, 3.8) is 0 Å². The van der Waals surface area contributed by atoms with E-state index in [-0.39, 0.29) is 0 Å². The summed E-state index contributed by atoms with van der Waals surface area (Å²) in [6.45, 7) is 2.34. The molecular formula is C10H10BrClO3. The molecule has 0 aliphatic carbocycles. The SMILES string of the molecule is CCOc1cc(C(=O)Cl)cc(Br)c1OC. The summed E-state index contributed by atoms with van der Waals surface area (Å²) >= 11 is 8.67. The van der Waals surface area contributed by atoms with E-state index >= 15 is 0 Å². The van der Waals surface area contributed by atoms with Crippen LogP contribution in [0.5, 0.6) is 11.5 Å². The Kier molecular flexibility index (Phi) is 4.42. The van der Waals surface area contributed by atoms with E-state index in [1.165, 1.54) is 7.11 Å². The van der Waals surface area contributed by atoms with Crippen LogP contribution in [-0.4, -0.2) is 19.0 Å². The second-order valence-corrected chi connectivity index (χ2v) is 3.89. The molecule has 0 aliphatic rings. The van der Waals surface area contributed by atoms with Crippen LogP contribution in [0.3, 0.4) is 0 Å². The molecule has 0 unspecified atom stereocenters. The van der Waals surface area contributed by atoms with Gasteiger partial charge >= 0.3 is 0 Å². The summed E-state index contributed by atoms with van der Waals surface area (Å²) in [7, 11) is 1.53. The lowest BCUT2D eigenvalue weighted by atomic mass is 10.2. The van der Waals surface area contributed by atoms with Crippen LogP contribution in [0.1, 0.15) is 17.3 Å². The number of benzene rings is 1. The molecule has 82 valence electrons. The van der Waals surface area contributed by atoms with Gasteiger partial charge in [0.05, 0.1) is 18.2 Å². The maximum Gasteiger partial charge on any atom is 0.252 e. The molecule has 0 aromatic heterocycles. The van der Waals surface area contributed by atoms with Crippen LogP contribution < -0.4 is 9.47 Å². The Hall–Kier alpha value is -0.740. The van der Waals surface area contributed by atoms with E-state index in [9.17, 15) is 4.79 Å². The fourth-order valence-electron chi connectivity index (χ4n) is 1.14. The molecule has 0 saturated carbocycles. The highest BCUT2D eigenvalue weighted by Crippen LogP contribution is 2.36. The maximum absolute atomic E-state index is 11.0. The van der Waals surface area contributed by atoms with Crippen molar-refractivity contribution in [1.82, 2.24) is 0 Å². The van der Waals surface area contributed by atoms with E-state index in [1.807, 2.05) is 6.92 Å². The predicted octanol–water partition coefficient (Wildman–Crippen LogP) is 3.24. The predicted molar refractivity (Wildman–Crippen MR) is 62.0 cm³/mol. The fourth-order valence-corrected chi connectivity index (χ4v) is 1.86. The monoisotopic (exact) mass is 292 g/mol. The molecule has 0 radical (unpaired) electrons. The van der Waals surface area contributed by atoms with Crippen molar-refractivity contribution in [2.24, 2.45) is 0 Å². The number of rotatable bonds is 4. The van der Waals surface area contributed by atoms with Gasteiger partial charge in [0.25, 0.3) is 5.24 Å². The van der Waals surface area contributed by atoms with Crippen LogP contribution in [0.2, 0.25) is 0 Å². The zero-order valence-corrected chi connectivity index (χ0v) is 10.7. The van der Waals surface area contributed by atoms with E-state index in [2.05, 4.69) is 15.9 Å². The molecule has 0 heterocycles. The number of carbonyl (C=O) groups is 1. The van der Waals surface area contributed by atoms with Gasteiger partial charge in [-0.3, -0.25) is 4.79 Å². The fraction of sp³-hybridized carbons (Fsp3) is 0.300. The number of hydrogen-bond acceptors (Lipinski definition) is 3. The zero-order chi connectivity index (χ0) is 11.4. The molecule has 0 fully saturated rings. The second kappa shape index (κ2) is 5.37. The molecule has 0 saturated heterocycles. The molecule has 0 N–H and O–H groups in total. The van der Waals surface area contributed by atoms with Crippen LogP contribution in [0.15, 0.2) is 16.6 Å². The van der Waals surface area contributed by atoms with Gasteiger partial charge in [-0.25, -0.2) is 0 Å². The third kappa shape index (κ3) is 2.86. The summed E-state index contributed by atoms with van der Waals surface area (Å²) in [5.74, 6) is 1.05. The number of halogens is 2. The molecule has 0 atom stereocenters. The summed E-state index contributed by atoms with van der Waals surface area (Å²) in [4.78, 5) is 11.0. The molecule has 0 aliphatic heterocycles. The van der Waals surface area contributed by atoms with E-state index < -0.39 is 5.24 Å². The Balaban J connectivity index is 3.25. The van der Waals surface area contributed by atoms with Crippen molar-refractivity contribution in [2.75, 3.05) is 13.7 Å². The topological polar surface area (TPSA) is 35.5 Å². The van der Waals surface area contributed by atoms with Crippen molar-refractivity contribution in [3.05, 3.63) is 22.2 Å². The minimum Gasteiger partial charge on any atom is -0.492 e. The molecule has 1 rings (SSSR count). The van der Waals surface area contributed by atoms with Gasteiger partial charge < -0.3 is 9.47 Å². The lowest BCUT2D eigenvalue weighted by Gasteiger charge is -2.11. The molecular weight excluding hydrogens is 283 g/mol. The standard InChI is InChI=1S/C10H10BrClO3/c1-3-15-8-5-6(10(12)13)4-7(11)9(8)14-2/h4-5H,3H2,1-2H3. The summed E-state index contributed by atoms with van der Waals surface area (Å²) in [6, 6.07) is 3.15.